The Bertz CT molecular complexity index is 236. The Hall–Kier alpha value is -1.06. The molecule has 2 amide bonds. The van der Waals surface area contributed by atoms with Crippen molar-refractivity contribution in [3.63, 3.8) is 0 Å². The lowest BCUT2D eigenvalue weighted by atomic mass is 9.74. The van der Waals surface area contributed by atoms with E-state index in [0.29, 0.717) is 5.92 Å². The molecule has 0 radical (unpaired) electrons. The fourth-order valence-electron chi connectivity index (χ4n) is 2.23. The quantitative estimate of drug-likeness (QED) is 0.558. The molecule has 2 aliphatic carbocycles. The minimum atomic E-state index is -0.566. The maximum absolute atomic E-state index is 10.3. The molecule has 4 nitrogen and oxygen atoms in total. The second-order valence-electron chi connectivity index (χ2n) is 3.58. The van der Waals surface area contributed by atoms with Gasteiger partial charge >= 0.3 is 6.03 Å². The zero-order chi connectivity index (χ0) is 8.55. The Morgan fingerprint density at radius 2 is 2.42 bits per heavy atom. The zero-order valence-electron chi connectivity index (χ0n) is 6.92. The van der Waals surface area contributed by atoms with Crippen LogP contribution >= 0.6 is 0 Å². The van der Waals surface area contributed by atoms with Gasteiger partial charge in [0.25, 0.3) is 0 Å². The van der Waals surface area contributed by atoms with E-state index in [4.69, 9.17) is 5.73 Å². The Kier molecular flexibility index (Phi) is 1.75. The zero-order valence-corrected chi connectivity index (χ0v) is 6.92. The van der Waals surface area contributed by atoms with Crippen molar-refractivity contribution in [3.8, 4) is 0 Å². The number of nitrogens with zero attached hydrogens (tertiary/aromatic N) is 1. The lowest BCUT2D eigenvalue weighted by Crippen LogP contribution is -2.36. The van der Waals surface area contributed by atoms with Crippen LogP contribution in [-0.2, 0) is 0 Å². The van der Waals surface area contributed by atoms with Gasteiger partial charge in [0, 0.05) is 11.6 Å². The summed E-state index contributed by atoms with van der Waals surface area (Å²) in [6.45, 7) is 0. The molecule has 12 heavy (non-hydrogen) atoms. The molecule has 2 aliphatic rings. The first-order valence-corrected chi connectivity index (χ1v) is 4.39. The highest BCUT2D eigenvalue weighted by Crippen LogP contribution is 2.44. The number of hydrazone groups is 1. The summed E-state index contributed by atoms with van der Waals surface area (Å²) in [5, 5.41) is 3.96. The highest BCUT2D eigenvalue weighted by molar-refractivity contribution is 5.93. The van der Waals surface area contributed by atoms with Gasteiger partial charge in [-0.15, -0.1) is 0 Å². The number of rotatable bonds is 1. The number of nitrogens with two attached hydrogens (primary N) is 1. The molecule has 2 atom stereocenters. The first-order chi connectivity index (χ1) is 5.77. The predicted octanol–water partition coefficient (Wildman–Crippen LogP) is 0.831. The lowest BCUT2D eigenvalue weighted by Gasteiger charge is -2.31. The number of hydrogen-bond acceptors (Lipinski definition) is 2. The van der Waals surface area contributed by atoms with Gasteiger partial charge in [0.2, 0.25) is 0 Å². The van der Waals surface area contributed by atoms with E-state index in [1.165, 1.54) is 19.3 Å². The number of fused-ring (bicyclic) bond motifs is 1. The van der Waals surface area contributed by atoms with Gasteiger partial charge in [0.05, 0.1) is 0 Å². The molecule has 0 spiro atoms. The Morgan fingerprint density at radius 1 is 1.58 bits per heavy atom. The molecule has 0 aromatic carbocycles. The molecule has 0 heterocycles. The molecule has 3 N–H and O–H groups in total. The molecule has 4 heteroatoms. The van der Waals surface area contributed by atoms with Crippen molar-refractivity contribution in [2.45, 2.75) is 25.7 Å². The van der Waals surface area contributed by atoms with Crippen LogP contribution in [0.1, 0.15) is 25.7 Å². The van der Waals surface area contributed by atoms with Gasteiger partial charge in [0.1, 0.15) is 0 Å². The summed E-state index contributed by atoms with van der Waals surface area (Å²) in [6, 6.07) is -0.566. The van der Waals surface area contributed by atoms with E-state index in [1.54, 1.807) is 0 Å². The van der Waals surface area contributed by atoms with E-state index in [2.05, 4.69) is 10.5 Å². The van der Waals surface area contributed by atoms with E-state index < -0.39 is 6.03 Å². The third kappa shape index (κ3) is 1.17. The minimum Gasteiger partial charge on any atom is -0.350 e. The molecular formula is C8H13N3O. The maximum Gasteiger partial charge on any atom is 0.332 e. The minimum absolute atomic E-state index is 0.566. The van der Waals surface area contributed by atoms with Crippen molar-refractivity contribution in [2.24, 2.45) is 22.7 Å². The summed E-state index contributed by atoms with van der Waals surface area (Å²) < 4.78 is 0. The summed E-state index contributed by atoms with van der Waals surface area (Å²) in [7, 11) is 0. The molecule has 66 valence electrons. The summed E-state index contributed by atoms with van der Waals surface area (Å²) in [5.74, 6) is 1.50. The van der Waals surface area contributed by atoms with Gasteiger partial charge < -0.3 is 5.73 Å². The topological polar surface area (TPSA) is 67.5 Å². The number of carbonyl (C=O) groups excluding carboxylic acids is 1. The Morgan fingerprint density at radius 3 is 3.08 bits per heavy atom. The average Bonchev–Trinajstić information content (AvgIpc) is 2.32. The highest BCUT2D eigenvalue weighted by atomic mass is 16.2. The maximum atomic E-state index is 10.3. The Balaban J connectivity index is 1.91. The Labute approximate surface area is 71.2 Å². The van der Waals surface area contributed by atoms with E-state index in [0.717, 1.165) is 18.1 Å². The number of carbonyl (C=O) groups is 1. The normalized spacial score (nSPS) is 35.8. The van der Waals surface area contributed by atoms with Gasteiger partial charge in [-0.3, -0.25) is 0 Å². The SMILES string of the molecule is NC(=O)N/N=C1/C[C@@H]2CCC[C@@H]12. The molecule has 2 rings (SSSR count). The van der Waals surface area contributed by atoms with Crippen molar-refractivity contribution in [2.75, 3.05) is 0 Å². The highest BCUT2D eigenvalue weighted by Gasteiger charge is 2.40. The molecule has 0 aliphatic heterocycles. The van der Waals surface area contributed by atoms with E-state index in [-0.39, 0.29) is 0 Å². The van der Waals surface area contributed by atoms with E-state index >= 15 is 0 Å². The van der Waals surface area contributed by atoms with Crippen LogP contribution in [0.2, 0.25) is 0 Å². The van der Waals surface area contributed by atoms with Crippen LogP contribution in [-0.4, -0.2) is 11.7 Å². The van der Waals surface area contributed by atoms with E-state index in [9.17, 15) is 4.79 Å². The van der Waals surface area contributed by atoms with Gasteiger partial charge in [-0.25, -0.2) is 10.2 Å². The number of hydrogen-bond donors (Lipinski definition) is 2. The van der Waals surface area contributed by atoms with Crippen LogP contribution in [0.15, 0.2) is 5.10 Å². The summed E-state index contributed by atoms with van der Waals surface area (Å²) in [4.78, 5) is 10.3. The molecule has 0 unspecified atom stereocenters. The van der Waals surface area contributed by atoms with E-state index in [1.807, 2.05) is 0 Å². The van der Waals surface area contributed by atoms with Crippen LogP contribution in [0.5, 0.6) is 0 Å². The fourth-order valence-corrected chi connectivity index (χ4v) is 2.23. The summed E-state index contributed by atoms with van der Waals surface area (Å²) in [6.07, 6.45) is 4.94. The summed E-state index contributed by atoms with van der Waals surface area (Å²) in [5.41, 5.74) is 8.32. The van der Waals surface area contributed by atoms with Gasteiger partial charge in [0.15, 0.2) is 0 Å². The molecular weight excluding hydrogens is 154 g/mol. The number of urea groups is 1. The van der Waals surface area contributed by atoms with Crippen molar-refractivity contribution in [1.82, 2.24) is 5.43 Å². The van der Waals surface area contributed by atoms with Crippen LogP contribution in [0.25, 0.3) is 0 Å². The molecule has 2 saturated carbocycles. The smallest absolute Gasteiger partial charge is 0.332 e. The lowest BCUT2D eigenvalue weighted by molar-refractivity contribution is 0.249. The third-order valence-corrected chi connectivity index (χ3v) is 2.87. The standard InChI is InChI=1S/C8H13N3O/c9-8(12)11-10-7-4-5-2-1-3-6(5)7/h5-6H,1-4H2,(H3,9,11,12)/b10-7-/t5-,6+/m0/s1. The second kappa shape index (κ2) is 2.77. The first-order valence-electron chi connectivity index (χ1n) is 4.39. The van der Waals surface area contributed by atoms with Crippen LogP contribution < -0.4 is 11.2 Å². The first kappa shape index (κ1) is 7.58. The van der Waals surface area contributed by atoms with Gasteiger partial charge in [-0.2, -0.15) is 5.10 Å². The number of amides is 2. The molecule has 0 saturated heterocycles. The van der Waals surface area contributed by atoms with Crippen LogP contribution in [0.4, 0.5) is 4.79 Å². The fraction of sp³-hybridized carbons (Fsp3) is 0.750. The molecule has 0 bridgehead atoms. The largest absolute Gasteiger partial charge is 0.350 e. The number of nitrogens with one attached hydrogen (secondary N) is 1. The van der Waals surface area contributed by atoms with Crippen LogP contribution in [0.3, 0.4) is 0 Å². The molecule has 2 fully saturated rings. The second-order valence-corrected chi connectivity index (χ2v) is 3.58. The van der Waals surface area contributed by atoms with Crippen molar-refractivity contribution in [1.29, 1.82) is 0 Å². The van der Waals surface area contributed by atoms with Crippen molar-refractivity contribution >= 4 is 11.7 Å². The third-order valence-electron chi connectivity index (χ3n) is 2.87. The molecule has 0 aromatic rings. The summed E-state index contributed by atoms with van der Waals surface area (Å²) >= 11 is 0. The van der Waals surface area contributed by atoms with Crippen LogP contribution in [0, 0.1) is 11.8 Å². The monoisotopic (exact) mass is 167 g/mol. The van der Waals surface area contributed by atoms with Crippen molar-refractivity contribution in [3.05, 3.63) is 0 Å². The average molecular weight is 167 g/mol. The number of primary amides is 1. The van der Waals surface area contributed by atoms with Gasteiger partial charge in [-0.1, -0.05) is 6.42 Å². The molecule has 0 aromatic heterocycles. The predicted molar refractivity (Wildman–Crippen MR) is 45.6 cm³/mol. The van der Waals surface area contributed by atoms with Crippen molar-refractivity contribution < 1.29 is 4.79 Å². The van der Waals surface area contributed by atoms with Gasteiger partial charge in [-0.05, 0) is 25.2 Å².